The molecule has 5 heteroatoms. The van der Waals surface area contributed by atoms with Crippen molar-refractivity contribution in [1.29, 1.82) is 0 Å². The lowest BCUT2D eigenvalue weighted by Gasteiger charge is -2.27. The lowest BCUT2D eigenvalue weighted by Crippen LogP contribution is -2.25. The summed E-state index contributed by atoms with van der Waals surface area (Å²) in [5.41, 5.74) is 2.69. The summed E-state index contributed by atoms with van der Waals surface area (Å²) in [5.74, 6) is 1.20. The summed E-state index contributed by atoms with van der Waals surface area (Å²) >= 11 is 0. The molecule has 0 N–H and O–H groups in total. The zero-order valence-electron chi connectivity index (χ0n) is 11.6. The number of ether oxygens (including phenoxy) is 2. The maximum absolute atomic E-state index is 5.65. The van der Waals surface area contributed by atoms with Gasteiger partial charge in [0, 0.05) is 35.6 Å². The average Bonchev–Trinajstić information content (AvgIpc) is 2.49. The number of hydrogen-bond acceptors (Lipinski definition) is 5. The first-order chi connectivity index (χ1) is 9.72. The van der Waals surface area contributed by atoms with Crippen LogP contribution in [0.25, 0.3) is 11.3 Å². The molecule has 3 heterocycles. The predicted octanol–water partition coefficient (Wildman–Crippen LogP) is 2.53. The van der Waals surface area contributed by atoms with Gasteiger partial charge < -0.3 is 9.47 Å². The molecule has 104 valence electrons. The van der Waals surface area contributed by atoms with Gasteiger partial charge in [-0.3, -0.25) is 4.98 Å². The fourth-order valence-corrected chi connectivity index (χ4v) is 2.03. The molecule has 0 aliphatic carbocycles. The molecular weight excluding hydrogens is 254 g/mol. The van der Waals surface area contributed by atoms with Crippen molar-refractivity contribution in [3.05, 3.63) is 42.1 Å². The van der Waals surface area contributed by atoms with Crippen molar-refractivity contribution in [2.75, 3.05) is 13.2 Å². The normalized spacial score (nSPS) is 22.7. The average molecular weight is 271 g/mol. The first-order valence-corrected chi connectivity index (χ1v) is 6.70. The van der Waals surface area contributed by atoms with Crippen molar-refractivity contribution in [2.24, 2.45) is 5.92 Å². The van der Waals surface area contributed by atoms with Crippen LogP contribution < -0.4 is 0 Å². The molecule has 2 aromatic heterocycles. The van der Waals surface area contributed by atoms with E-state index in [4.69, 9.17) is 9.47 Å². The highest BCUT2D eigenvalue weighted by Gasteiger charge is 2.21. The standard InChI is InChI=1S/C15H17N3O2/c1-10-8-19-15(20-9-10)12-3-4-14(18-5-12)13-6-16-11(2)17-7-13/h3-7,10,15H,8-9H2,1-2H3. The molecule has 1 fully saturated rings. The summed E-state index contributed by atoms with van der Waals surface area (Å²) in [6.07, 6.45) is 5.04. The number of hydrogen-bond donors (Lipinski definition) is 0. The molecule has 1 aliphatic rings. The van der Waals surface area contributed by atoms with Crippen molar-refractivity contribution in [3.8, 4) is 11.3 Å². The highest BCUT2D eigenvalue weighted by atomic mass is 16.7. The van der Waals surface area contributed by atoms with Crippen molar-refractivity contribution in [2.45, 2.75) is 20.1 Å². The van der Waals surface area contributed by atoms with Gasteiger partial charge >= 0.3 is 0 Å². The molecule has 0 bridgehead atoms. The molecule has 0 amide bonds. The third kappa shape index (κ3) is 2.84. The summed E-state index contributed by atoms with van der Waals surface area (Å²) in [5, 5.41) is 0. The molecule has 0 radical (unpaired) electrons. The molecule has 2 aromatic rings. The van der Waals surface area contributed by atoms with Gasteiger partial charge in [0.25, 0.3) is 0 Å². The van der Waals surface area contributed by atoms with Crippen LogP contribution in [0, 0.1) is 12.8 Å². The van der Waals surface area contributed by atoms with E-state index < -0.39 is 0 Å². The number of rotatable bonds is 2. The minimum absolute atomic E-state index is 0.304. The minimum Gasteiger partial charge on any atom is -0.348 e. The lowest BCUT2D eigenvalue weighted by molar-refractivity contribution is -0.202. The van der Waals surface area contributed by atoms with Crippen molar-refractivity contribution in [3.63, 3.8) is 0 Å². The van der Waals surface area contributed by atoms with E-state index in [9.17, 15) is 0 Å². The van der Waals surface area contributed by atoms with E-state index >= 15 is 0 Å². The first-order valence-electron chi connectivity index (χ1n) is 6.70. The maximum Gasteiger partial charge on any atom is 0.185 e. The Morgan fingerprint density at radius 2 is 1.70 bits per heavy atom. The molecule has 0 aromatic carbocycles. The number of aryl methyl sites for hydroxylation is 1. The van der Waals surface area contributed by atoms with E-state index in [0.29, 0.717) is 5.92 Å². The van der Waals surface area contributed by atoms with Gasteiger partial charge in [0.2, 0.25) is 0 Å². The Kier molecular flexibility index (Phi) is 3.71. The van der Waals surface area contributed by atoms with E-state index in [0.717, 1.165) is 35.9 Å². The fourth-order valence-electron chi connectivity index (χ4n) is 2.03. The first kappa shape index (κ1) is 13.1. The summed E-state index contributed by atoms with van der Waals surface area (Å²) in [7, 11) is 0. The third-order valence-corrected chi connectivity index (χ3v) is 3.20. The van der Waals surface area contributed by atoms with Crippen LogP contribution >= 0.6 is 0 Å². The van der Waals surface area contributed by atoms with Crippen LogP contribution in [-0.4, -0.2) is 28.2 Å². The van der Waals surface area contributed by atoms with E-state index in [1.165, 1.54) is 0 Å². The van der Waals surface area contributed by atoms with Crippen LogP contribution in [0.3, 0.4) is 0 Å². The predicted molar refractivity (Wildman–Crippen MR) is 73.8 cm³/mol. The maximum atomic E-state index is 5.65. The van der Waals surface area contributed by atoms with E-state index in [-0.39, 0.29) is 6.29 Å². The molecule has 1 aliphatic heterocycles. The lowest BCUT2D eigenvalue weighted by atomic mass is 10.1. The van der Waals surface area contributed by atoms with Crippen molar-refractivity contribution in [1.82, 2.24) is 15.0 Å². The topological polar surface area (TPSA) is 57.1 Å². The van der Waals surface area contributed by atoms with Gasteiger partial charge in [-0.2, -0.15) is 0 Å². The van der Waals surface area contributed by atoms with Crippen LogP contribution in [0.2, 0.25) is 0 Å². The van der Waals surface area contributed by atoms with Crippen LogP contribution in [-0.2, 0) is 9.47 Å². The summed E-state index contributed by atoms with van der Waals surface area (Å²) in [6, 6.07) is 3.91. The molecule has 5 nitrogen and oxygen atoms in total. The van der Waals surface area contributed by atoms with Gasteiger partial charge in [0.05, 0.1) is 18.9 Å². The monoisotopic (exact) mass is 271 g/mol. The Labute approximate surface area is 118 Å². The van der Waals surface area contributed by atoms with E-state index in [1.807, 2.05) is 19.1 Å². The second-order valence-electron chi connectivity index (χ2n) is 5.10. The summed E-state index contributed by atoms with van der Waals surface area (Å²) < 4.78 is 11.3. The van der Waals surface area contributed by atoms with Crippen molar-refractivity contribution >= 4 is 0 Å². The van der Waals surface area contributed by atoms with E-state index in [2.05, 4.69) is 21.9 Å². The van der Waals surface area contributed by atoms with Crippen molar-refractivity contribution < 1.29 is 9.47 Å². The molecule has 3 rings (SSSR count). The quantitative estimate of drug-likeness (QED) is 0.840. The second kappa shape index (κ2) is 5.64. The molecule has 0 spiro atoms. The third-order valence-electron chi connectivity index (χ3n) is 3.20. The highest BCUT2D eigenvalue weighted by Crippen LogP contribution is 2.25. The SMILES string of the molecule is Cc1ncc(-c2ccc(C3OCC(C)CO3)cn2)cn1. The summed E-state index contributed by atoms with van der Waals surface area (Å²) in [6.45, 7) is 5.41. The van der Waals surface area contributed by atoms with Crippen LogP contribution in [0.4, 0.5) is 0 Å². The Morgan fingerprint density at radius 3 is 2.30 bits per heavy atom. The van der Waals surface area contributed by atoms with Gasteiger partial charge in [-0.15, -0.1) is 0 Å². The molecule has 0 saturated carbocycles. The zero-order valence-corrected chi connectivity index (χ0v) is 11.6. The van der Waals surface area contributed by atoms with Gasteiger partial charge in [-0.25, -0.2) is 9.97 Å². The molecular formula is C15H17N3O2. The van der Waals surface area contributed by atoms with Gasteiger partial charge in [-0.05, 0) is 13.0 Å². The minimum atomic E-state index is -0.304. The van der Waals surface area contributed by atoms with Gasteiger partial charge in [0.15, 0.2) is 6.29 Å². The Morgan fingerprint density at radius 1 is 1.00 bits per heavy atom. The Bertz CT molecular complexity index is 561. The fraction of sp³-hybridized carbons (Fsp3) is 0.400. The second-order valence-corrected chi connectivity index (χ2v) is 5.10. The van der Waals surface area contributed by atoms with Gasteiger partial charge in [-0.1, -0.05) is 13.0 Å². The summed E-state index contributed by atoms with van der Waals surface area (Å²) in [4.78, 5) is 12.8. The van der Waals surface area contributed by atoms with Crippen LogP contribution in [0.15, 0.2) is 30.7 Å². The number of nitrogens with zero attached hydrogens (tertiary/aromatic N) is 3. The largest absolute Gasteiger partial charge is 0.348 e. The van der Waals surface area contributed by atoms with E-state index in [1.54, 1.807) is 18.6 Å². The molecule has 0 unspecified atom stereocenters. The number of pyridine rings is 1. The Balaban J connectivity index is 1.76. The smallest absolute Gasteiger partial charge is 0.185 e. The molecule has 1 saturated heterocycles. The molecule has 0 atom stereocenters. The van der Waals surface area contributed by atoms with Gasteiger partial charge in [0.1, 0.15) is 5.82 Å². The van der Waals surface area contributed by atoms with Crippen LogP contribution in [0.1, 0.15) is 24.6 Å². The highest BCUT2D eigenvalue weighted by molar-refractivity contribution is 5.56. The Hall–Kier alpha value is -1.85. The number of aromatic nitrogens is 3. The van der Waals surface area contributed by atoms with Crippen LogP contribution in [0.5, 0.6) is 0 Å². The molecule has 20 heavy (non-hydrogen) atoms. The zero-order chi connectivity index (χ0) is 13.9.